The van der Waals surface area contributed by atoms with Crippen LogP contribution in [-0.4, -0.2) is 25.0 Å². The van der Waals surface area contributed by atoms with Crippen molar-refractivity contribution in [2.45, 2.75) is 12.5 Å². The van der Waals surface area contributed by atoms with Crippen molar-refractivity contribution in [1.82, 2.24) is 4.90 Å². The maximum absolute atomic E-state index is 3.71. The molecule has 0 aromatic heterocycles. The largest absolute Gasteiger partial charge is 0.303 e. The highest BCUT2D eigenvalue weighted by atomic mass is 15.1. The Morgan fingerprint density at radius 1 is 1.44 bits per heavy atom. The molecule has 0 aliphatic carbocycles. The highest BCUT2D eigenvalue weighted by Gasteiger charge is 2.01. The summed E-state index contributed by atoms with van der Waals surface area (Å²) in [5, 5.41) is 0. The second-order valence-corrected chi connectivity index (χ2v) is 2.29. The van der Waals surface area contributed by atoms with Crippen LogP contribution >= 0.6 is 0 Å². The van der Waals surface area contributed by atoms with Crippen molar-refractivity contribution in [1.29, 1.82) is 0 Å². The summed E-state index contributed by atoms with van der Waals surface area (Å²) in [4.78, 5) is 2.12. The minimum atomic E-state index is 0.447. The fraction of sp³-hybridized carbons (Fsp3) is 0.500. The zero-order valence-corrected chi connectivity index (χ0v) is 6.30. The Balaban J connectivity index is 3.66. The summed E-state index contributed by atoms with van der Waals surface area (Å²) >= 11 is 0. The molecule has 0 radical (unpaired) electrons. The van der Waals surface area contributed by atoms with E-state index in [0.717, 1.165) is 6.42 Å². The van der Waals surface area contributed by atoms with E-state index >= 15 is 0 Å². The average molecular weight is 125 g/mol. The van der Waals surface area contributed by atoms with Crippen LogP contribution in [0.1, 0.15) is 6.42 Å². The number of rotatable bonds is 4. The third kappa shape index (κ3) is 3.09. The molecule has 0 spiro atoms. The summed E-state index contributed by atoms with van der Waals surface area (Å²) in [7, 11) is 4.08. The Morgan fingerprint density at radius 3 is 2.11 bits per heavy atom. The SMILES string of the molecule is C=CCC(C=C)N(C)C. The molecule has 0 saturated carbocycles. The van der Waals surface area contributed by atoms with Gasteiger partial charge >= 0.3 is 0 Å². The van der Waals surface area contributed by atoms with Crippen LogP contribution in [0.4, 0.5) is 0 Å². The molecular formula is C8H15N. The second kappa shape index (κ2) is 4.33. The number of likely N-dealkylation sites (N-methyl/N-ethyl adjacent to an activating group) is 1. The standard InChI is InChI=1S/C8H15N/c1-5-7-8(6-2)9(3)4/h5-6,8H,1-2,7H2,3-4H3. The van der Waals surface area contributed by atoms with Crippen LogP contribution in [0.5, 0.6) is 0 Å². The van der Waals surface area contributed by atoms with Crippen LogP contribution < -0.4 is 0 Å². The summed E-state index contributed by atoms with van der Waals surface area (Å²) in [6, 6.07) is 0.447. The van der Waals surface area contributed by atoms with Gasteiger partial charge in [-0.1, -0.05) is 12.2 Å². The predicted molar refractivity (Wildman–Crippen MR) is 42.5 cm³/mol. The molecular weight excluding hydrogens is 110 g/mol. The molecule has 0 saturated heterocycles. The molecule has 0 rings (SSSR count). The minimum Gasteiger partial charge on any atom is -0.303 e. The van der Waals surface area contributed by atoms with E-state index in [1.54, 1.807) is 0 Å². The summed E-state index contributed by atoms with van der Waals surface area (Å²) in [6.45, 7) is 7.37. The van der Waals surface area contributed by atoms with E-state index in [1.165, 1.54) is 0 Å². The molecule has 0 heterocycles. The summed E-state index contributed by atoms with van der Waals surface area (Å²) in [5.41, 5.74) is 0. The molecule has 0 aliphatic rings. The molecule has 0 amide bonds. The Hall–Kier alpha value is -0.560. The van der Waals surface area contributed by atoms with Gasteiger partial charge in [0.1, 0.15) is 0 Å². The molecule has 0 aliphatic heterocycles. The van der Waals surface area contributed by atoms with Crippen LogP contribution in [0.15, 0.2) is 25.3 Å². The van der Waals surface area contributed by atoms with Crippen molar-refractivity contribution in [2.24, 2.45) is 0 Å². The second-order valence-electron chi connectivity index (χ2n) is 2.29. The molecule has 0 N–H and O–H groups in total. The van der Waals surface area contributed by atoms with Crippen LogP contribution in [0.3, 0.4) is 0 Å². The van der Waals surface area contributed by atoms with Gasteiger partial charge in [0.05, 0.1) is 0 Å². The van der Waals surface area contributed by atoms with E-state index < -0.39 is 0 Å². The molecule has 52 valence electrons. The van der Waals surface area contributed by atoms with Crippen molar-refractivity contribution in [3.8, 4) is 0 Å². The molecule has 1 nitrogen and oxygen atoms in total. The van der Waals surface area contributed by atoms with Gasteiger partial charge in [-0.2, -0.15) is 0 Å². The van der Waals surface area contributed by atoms with Crippen LogP contribution in [0.25, 0.3) is 0 Å². The van der Waals surface area contributed by atoms with Gasteiger partial charge in [0.25, 0.3) is 0 Å². The topological polar surface area (TPSA) is 3.24 Å². The van der Waals surface area contributed by atoms with Crippen LogP contribution in [0, 0.1) is 0 Å². The Morgan fingerprint density at radius 2 is 2.00 bits per heavy atom. The highest BCUT2D eigenvalue weighted by Crippen LogP contribution is 1.99. The first kappa shape index (κ1) is 8.44. The van der Waals surface area contributed by atoms with Gasteiger partial charge in [0.15, 0.2) is 0 Å². The molecule has 0 fully saturated rings. The predicted octanol–water partition coefficient (Wildman–Crippen LogP) is 1.68. The molecule has 0 aromatic carbocycles. The Bertz CT molecular complexity index is 94.7. The van der Waals surface area contributed by atoms with E-state index in [0.29, 0.717) is 6.04 Å². The molecule has 1 atom stereocenters. The lowest BCUT2D eigenvalue weighted by molar-refractivity contribution is 0.346. The fourth-order valence-corrected chi connectivity index (χ4v) is 0.689. The van der Waals surface area contributed by atoms with Crippen molar-refractivity contribution in [2.75, 3.05) is 14.1 Å². The number of hydrogen-bond donors (Lipinski definition) is 0. The van der Waals surface area contributed by atoms with Crippen molar-refractivity contribution in [3.05, 3.63) is 25.3 Å². The highest BCUT2D eigenvalue weighted by molar-refractivity contribution is 4.90. The van der Waals surface area contributed by atoms with E-state index in [2.05, 4.69) is 18.1 Å². The zero-order valence-electron chi connectivity index (χ0n) is 6.30. The average Bonchev–Trinajstić information content (AvgIpc) is 1.82. The van der Waals surface area contributed by atoms with E-state index in [1.807, 2.05) is 26.2 Å². The first-order valence-electron chi connectivity index (χ1n) is 3.12. The number of nitrogens with zero attached hydrogens (tertiary/aromatic N) is 1. The van der Waals surface area contributed by atoms with Gasteiger partial charge in [-0.15, -0.1) is 13.2 Å². The normalized spacial score (nSPS) is 13.2. The molecule has 9 heavy (non-hydrogen) atoms. The van der Waals surface area contributed by atoms with Gasteiger partial charge in [-0.05, 0) is 20.5 Å². The summed E-state index contributed by atoms with van der Waals surface area (Å²) < 4.78 is 0. The quantitative estimate of drug-likeness (QED) is 0.517. The van der Waals surface area contributed by atoms with Crippen molar-refractivity contribution in [3.63, 3.8) is 0 Å². The van der Waals surface area contributed by atoms with Gasteiger partial charge in [0.2, 0.25) is 0 Å². The van der Waals surface area contributed by atoms with E-state index in [-0.39, 0.29) is 0 Å². The van der Waals surface area contributed by atoms with Crippen molar-refractivity contribution >= 4 is 0 Å². The van der Waals surface area contributed by atoms with Gasteiger partial charge in [-0.3, -0.25) is 0 Å². The third-order valence-corrected chi connectivity index (χ3v) is 1.34. The first-order chi connectivity index (χ1) is 4.22. The van der Waals surface area contributed by atoms with E-state index in [4.69, 9.17) is 0 Å². The van der Waals surface area contributed by atoms with Crippen molar-refractivity contribution < 1.29 is 0 Å². The Labute approximate surface area is 57.7 Å². The van der Waals surface area contributed by atoms with Gasteiger partial charge < -0.3 is 4.90 Å². The minimum absolute atomic E-state index is 0.447. The van der Waals surface area contributed by atoms with Crippen LogP contribution in [0.2, 0.25) is 0 Å². The zero-order chi connectivity index (χ0) is 7.28. The Kier molecular flexibility index (Phi) is 4.06. The van der Waals surface area contributed by atoms with Crippen LogP contribution in [-0.2, 0) is 0 Å². The molecule has 1 heteroatoms. The lowest BCUT2D eigenvalue weighted by Gasteiger charge is -2.18. The molecule has 0 aromatic rings. The summed E-state index contributed by atoms with van der Waals surface area (Å²) in [6.07, 6.45) is 4.82. The maximum atomic E-state index is 3.71. The first-order valence-corrected chi connectivity index (χ1v) is 3.12. The monoisotopic (exact) mass is 125 g/mol. The number of hydrogen-bond acceptors (Lipinski definition) is 1. The van der Waals surface area contributed by atoms with Gasteiger partial charge in [0, 0.05) is 6.04 Å². The molecule has 1 unspecified atom stereocenters. The molecule has 0 bridgehead atoms. The summed E-state index contributed by atoms with van der Waals surface area (Å²) in [5.74, 6) is 0. The smallest absolute Gasteiger partial charge is 0.0303 e. The lowest BCUT2D eigenvalue weighted by Crippen LogP contribution is -2.24. The fourth-order valence-electron chi connectivity index (χ4n) is 0.689. The maximum Gasteiger partial charge on any atom is 0.0303 e. The van der Waals surface area contributed by atoms with Gasteiger partial charge in [-0.25, -0.2) is 0 Å². The van der Waals surface area contributed by atoms with E-state index in [9.17, 15) is 0 Å². The third-order valence-electron chi connectivity index (χ3n) is 1.34. The lowest BCUT2D eigenvalue weighted by atomic mass is 10.2.